The van der Waals surface area contributed by atoms with Gasteiger partial charge in [0, 0.05) is 17.1 Å². The molecule has 0 saturated carbocycles. The summed E-state index contributed by atoms with van der Waals surface area (Å²) in [6, 6.07) is 11.9. The molecule has 0 saturated heterocycles. The van der Waals surface area contributed by atoms with Gasteiger partial charge in [-0.2, -0.15) is 0 Å². The number of ether oxygens (including phenoxy) is 2. The molecule has 0 bridgehead atoms. The van der Waals surface area contributed by atoms with Crippen molar-refractivity contribution in [3.8, 4) is 5.75 Å². The van der Waals surface area contributed by atoms with Crippen LogP contribution in [0.1, 0.15) is 31.0 Å². The molecule has 184 valence electrons. The van der Waals surface area contributed by atoms with E-state index in [2.05, 4.69) is 20.9 Å². The van der Waals surface area contributed by atoms with Gasteiger partial charge in [-0.15, -0.1) is 0 Å². The fourth-order valence-corrected chi connectivity index (χ4v) is 6.05. The number of hydrogen-bond donors (Lipinski definition) is 0. The number of methoxy groups -OCH3 is 1. The topological polar surface area (TPSA) is 90.2 Å². The van der Waals surface area contributed by atoms with Crippen molar-refractivity contribution >= 4 is 50.4 Å². The molecule has 2 aliphatic rings. The molecule has 1 amide bonds. The Morgan fingerprint density at radius 3 is 2.56 bits per heavy atom. The summed E-state index contributed by atoms with van der Waals surface area (Å²) in [6.45, 7) is 3.64. The van der Waals surface area contributed by atoms with Crippen LogP contribution in [0.5, 0.6) is 5.75 Å². The van der Waals surface area contributed by atoms with E-state index < -0.39 is 17.6 Å². The van der Waals surface area contributed by atoms with E-state index in [1.165, 1.54) is 9.47 Å². The zero-order chi connectivity index (χ0) is 25.7. The smallest absolute Gasteiger partial charge is 0.338 e. The molecule has 3 heterocycles. The van der Waals surface area contributed by atoms with Crippen LogP contribution in [0.3, 0.4) is 0 Å². The Balaban J connectivity index is 1.82. The highest BCUT2D eigenvalue weighted by molar-refractivity contribution is 9.10. The van der Waals surface area contributed by atoms with Crippen molar-refractivity contribution in [2.24, 2.45) is 4.99 Å². The van der Waals surface area contributed by atoms with Crippen molar-refractivity contribution in [1.29, 1.82) is 0 Å². The number of likely N-dealkylation sites (N-methyl/N-ethyl adjacent to an activating group) is 1. The van der Waals surface area contributed by atoms with Gasteiger partial charge in [-0.25, -0.2) is 9.79 Å². The number of allylic oxidation sites excluding steroid dienone is 1. The third kappa shape index (κ3) is 3.72. The minimum atomic E-state index is -0.767. The summed E-state index contributed by atoms with van der Waals surface area (Å²) in [4.78, 5) is 46.9. The van der Waals surface area contributed by atoms with Crippen molar-refractivity contribution in [1.82, 2.24) is 4.57 Å². The van der Waals surface area contributed by atoms with Crippen LogP contribution in [0, 0.1) is 0 Å². The molecule has 0 aliphatic carbocycles. The van der Waals surface area contributed by atoms with Crippen molar-refractivity contribution in [3.63, 3.8) is 0 Å². The van der Waals surface area contributed by atoms with Gasteiger partial charge in [-0.3, -0.25) is 14.2 Å². The molecule has 5 rings (SSSR count). The average molecular weight is 568 g/mol. The largest absolute Gasteiger partial charge is 0.497 e. The Bertz CT molecular complexity index is 1640. The van der Waals surface area contributed by atoms with Crippen LogP contribution in [0.4, 0.5) is 5.69 Å². The van der Waals surface area contributed by atoms with Gasteiger partial charge in [-0.1, -0.05) is 39.4 Å². The molecule has 0 N–H and O–H groups in total. The minimum absolute atomic E-state index is 0.187. The number of nitrogens with zero attached hydrogens (tertiary/aromatic N) is 3. The second kappa shape index (κ2) is 9.18. The highest BCUT2D eigenvalue weighted by Gasteiger charge is 2.36. The molecule has 8 nitrogen and oxygen atoms in total. The zero-order valence-corrected chi connectivity index (χ0v) is 22.4. The summed E-state index contributed by atoms with van der Waals surface area (Å²) >= 11 is 4.61. The summed E-state index contributed by atoms with van der Waals surface area (Å²) in [5.74, 6) is -0.160. The fraction of sp³-hybridized carbons (Fsp3) is 0.231. The summed E-state index contributed by atoms with van der Waals surface area (Å²) < 4.78 is 13.2. The molecule has 2 aliphatic heterocycles. The number of anilines is 1. The Morgan fingerprint density at radius 2 is 1.89 bits per heavy atom. The van der Waals surface area contributed by atoms with Crippen molar-refractivity contribution in [3.05, 3.63) is 89.0 Å². The Hall–Kier alpha value is -3.50. The molecule has 2 aromatic carbocycles. The minimum Gasteiger partial charge on any atom is -0.497 e. The molecule has 0 spiro atoms. The van der Waals surface area contributed by atoms with Crippen LogP contribution < -0.4 is 24.5 Å². The lowest BCUT2D eigenvalue weighted by Gasteiger charge is -2.24. The predicted octanol–water partition coefficient (Wildman–Crippen LogP) is 2.92. The molecule has 0 unspecified atom stereocenters. The Kier molecular flexibility index (Phi) is 6.17. The van der Waals surface area contributed by atoms with E-state index in [1.807, 2.05) is 30.3 Å². The summed E-state index contributed by atoms with van der Waals surface area (Å²) in [5, 5.41) is 0. The van der Waals surface area contributed by atoms with Crippen LogP contribution in [0.15, 0.2) is 68.0 Å². The van der Waals surface area contributed by atoms with Gasteiger partial charge in [0.25, 0.3) is 11.5 Å². The number of amides is 1. The lowest BCUT2D eigenvalue weighted by molar-refractivity contribution is -0.139. The van der Waals surface area contributed by atoms with E-state index in [0.29, 0.717) is 32.9 Å². The molecular formula is C26H22BrN3O5S. The maximum Gasteiger partial charge on any atom is 0.338 e. The van der Waals surface area contributed by atoms with Crippen LogP contribution in [-0.4, -0.2) is 37.2 Å². The van der Waals surface area contributed by atoms with E-state index >= 15 is 0 Å². The standard InChI is InChI=1S/C26H22BrN3O5S/c1-5-35-25(33)19-13(2)28-26-30(21(19)14-6-9-16(34-4)10-7-14)24(32)22(36-26)20-17-12-15(27)8-11-18(17)29(3)23(20)31/h6-12,21H,5H2,1-4H3/b22-20-/t21-/m1/s1. The monoisotopic (exact) mass is 567 g/mol. The second-order valence-corrected chi connectivity index (χ2v) is 10.2. The van der Waals surface area contributed by atoms with E-state index in [4.69, 9.17) is 9.47 Å². The average Bonchev–Trinajstić information content (AvgIpc) is 3.30. The number of rotatable bonds is 4. The number of hydrogen-bond acceptors (Lipinski definition) is 7. The van der Waals surface area contributed by atoms with Crippen LogP contribution in [-0.2, 0) is 14.3 Å². The first-order chi connectivity index (χ1) is 17.3. The lowest BCUT2D eigenvalue weighted by Crippen LogP contribution is -2.40. The molecule has 0 fully saturated rings. The number of halogens is 1. The number of fused-ring (bicyclic) bond motifs is 2. The van der Waals surface area contributed by atoms with Crippen molar-refractivity contribution < 1.29 is 19.1 Å². The number of carbonyl (C=O) groups excluding carboxylic acids is 2. The number of benzene rings is 2. The molecule has 3 aromatic rings. The highest BCUT2D eigenvalue weighted by Crippen LogP contribution is 2.36. The number of thiazole rings is 1. The van der Waals surface area contributed by atoms with Gasteiger partial charge in [0.05, 0.1) is 42.3 Å². The van der Waals surface area contributed by atoms with Gasteiger partial charge in [0.2, 0.25) is 0 Å². The first-order valence-electron chi connectivity index (χ1n) is 11.2. The maximum absolute atomic E-state index is 14.0. The lowest BCUT2D eigenvalue weighted by atomic mass is 9.96. The van der Waals surface area contributed by atoms with E-state index in [0.717, 1.165) is 21.5 Å². The molecule has 36 heavy (non-hydrogen) atoms. The molecular weight excluding hydrogens is 546 g/mol. The molecule has 1 atom stereocenters. The number of esters is 1. The number of aromatic nitrogens is 1. The van der Waals surface area contributed by atoms with Crippen LogP contribution in [0.2, 0.25) is 0 Å². The zero-order valence-electron chi connectivity index (χ0n) is 20.0. The third-order valence-corrected chi connectivity index (χ3v) is 7.81. The molecule has 1 aromatic heterocycles. The summed E-state index contributed by atoms with van der Waals surface area (Å²) in [7, 11) is 3.25. The highest BCUT2D eigenvalue weighted by atomic mass is 79.9. The first-order valence-corrected chi connectivity index (χ1v) is 12.8. The maximum atomic E-state index is 14.0. The Labute approximate surface area is 218 Å². The van der Waals surface area contributed by atoms with Gasteiger partial charge in [0.15, 0.2) is 4.80 Å². The van der Waals surface area contributed by atoms with Crippen molar-refractivity contribution in [2.75, 3.05) is 25.7 Å². The predicted molar refractivity (Wildman–Crippen MR) is 140 cm³/mol. The number of carbonyl (C=O) groups is 2. The second-order valence-electron chi connectivity index (χ2n) is 8.30. The van der Waals surface area contributed by atoms with Gasteiger partial charge < -0.3 is 14.4 Å². The summed E-state index contributed by atoms with van der Waals surface area (Å²) in [5.41, 5.74) is 2.77. The molecule has 10 heteroatoms. The van der Waals surface area contributed by atoms with Crippen LogP contribution in [0.25, 0.3) is 5.57 Å². The Morgan fingerprint density at radius 1 is 1.17 bits per heavy atom. The third-order valence-electron chi connectivity index (χ3n) is 6.26. The normalized spacial score (nSPS) is 18.1. The quantitative estimate of drug-likeness (QED) is 0.452. The SMILES string of the molecule is CCOC(=O)C1=C(C)N=c2s/c(=C3\C(=O)N(C)c4ccc(Br)cc43)c(=O)n2[C@@H]1c1ccc(OC)cc1. The van der Waals surface area contributed by atoms with Gasteiger partial charge >= 0.3 is 5.97 Å². The van der Waals surface area contributed by atoms with E-state index in [1.54, 1.807) is 40.1 Å². The van der Waals surface area contributed by atoms with Gasteiger partial charge in [-0.05, 0) is 49.7 Å². The summed E-state index contributed by atoms with van der Waals surface area (Å²) in [6.07, 6.45) is 0. The fourth-order valence-electron chi connectivity index (χ4n) is 4.56. The first kappa shape index (κ1) is 24.2. The van der Waals surface area contributed by atoms with Gasteiger partial charge in [0.1, 0.15) is 10.3 Å². The van der Waals surface area contributed by atoms with Crippen LogP contribution >= 0.6 is 27.3 Å². The van der Waals surface area contributed by atoms with E-state index in [9.17, 15) is 14.4 Å². The van der Waals surface area contributed by atoms with E-state index in [-0.39, 0.29) is 22.6 Å². The molecule has 0 radical (unpaired) electrons. The van der Waals surface area contributed by atoms with Crippen molar-refractivity contribution in [2.45, 2.75) is 19.9 Å².